The Morgan fingerprint density at radius 2 is 2.20 bits per heavy atom. The van der Waals surface area contributed by atoms with Crippen LogP contribution in [0.2, 0.25) is 5.02 Å². The average Bonchev–Trinajstić information content (AvgIpc) is 2.65. The van der Waals surface area contributed by atoms with Crippen molar-refractivity contribution in [3.63, 3.8) is 0 Å². The van der Waals surface area contributed by atoms with Gasteiger partial charge in [-0.1, -0.05) is 43.0 Å². The minimum absolute atomic E-state index is 0.0312. The van der Waals surface area contributed by atoms with Gasteiger partial charge in [0.1, 0.15) is 6.17 Å². The summed E-state index contributed by atoms with van der Waals surface area (Å²) < 4.78 is 0. The number of hydrogen-bond acceptors (Lipinski definition) is 2. The molecule has 4 heteroatoms. The lowest BCUT2D eigenvalue weighted by Crippen LogP contribution is -2.33. The fourth-order valence-corrected chi connectivity index (χ4v) is 3.27. The summed E-state index contributed by atoms with van der Waals surface area (Å²) >= 11 is 6.07. The first-order valence-electron chi connectivity index (χ1n) is 7.47. The third-order valence-corrected chi connectivity index (χ3v) is 4.78. The van der Waals surface area contributed by atoms with Gasteiger partial charge in [-0.3, -0.25) is 10.1 Å². The number of halogens is 1. The molecular weight excluding hydrogens is 272 g/mol. The van der Waals surface area contributed by atoms with Crippen LogP contribution in [0, 0.1) is 5.92 Å². The van der Waals surface area contributed by atoms with E-state index in [1.165, 1.54) is 19.3 Å². The number of rotatable bonds is 4. The first-order chi connectivity index (χ1) is 9.65. The number of nitrogens with zero attached hydrogens (tertiary/aromatic N) is 1. The van der Waals surface area contributed by atoms with Crippen LogP contribution in [0.3, 0.4) is 0 Å². The second-order valence-corrected chi connectivity index (χ2v) is 6.40. The maximum Gasteiger partial charge on any atom is 0.241 e. The summed E-state index contributed by atoms with van der Waals surface area (Å²) in [5, 5.41) is 4.09. The molecule has 2 atom stereocenters. The van der Waals surface area contributed by atoms with E-state index in [4.69, 9.17) is 11.6 Å². The standard InChI is InChI=1S/C16H21ClN2O/c1-11-16(20)19(9-8-12-4-2-5-12)15(18-11)13-6-3-7-14(17)10-13/h3,6-7,10-12,15,18H,2,4-5,8-9H2,1H3. The van der Waals surface area contributed by atoms with Gasteiger partial charge in [-0.15, -0.1) is 0 Å². The number of carbonyl (C=O) groups excluding carboxylic acids is 1. The SMILES string of the molecule is CC1NC(c2cccc(Cl)c2)N(CCC2CCC2)C1=O. The van der Waals surface area contributed by atoms with Crippen LogP contribution in [-0.2, 0) is 4.79 Å². The first kappa shape index (κ1) is 13.9. The number of amides is 1. The largest absolute Gasteiger partial charge is 0.322 e. The molecule has 0 bridgehead atoms. The Hall–Kier alpha value is -1.06. The van der Waals surface area contributed by atoms with Gasteiger partial charge in [0.15, 0.2) is 0 Å². The van der Waals surface area contributed by atoms with Crippen LogP contribution in [0.1, 0.15) is 44.3 Å². The third kappa shape index (κ3) is 2.70. The summed E-state index contributed by atoms with van der Waals surface area (Å²) in [4.78, 5) is 14.3. The fraction of sp³-hybridized carbons (Fsp3) is 0.562. The van der Waals surface area contributed by atoms with Crippen LogP contribution in [0.15, 0.2) is 24.3 Å². The van der Waals surface area contributed by atoms with E-state index in [-0.39, 0.29) is 18.1 Å². The molecule has 1 aliphatic carbocycles. The van der Waals surface area contributed by atoms with E-state index < -0.39 is 0 Å². The third-order valence-electron chi connectivity index (χ3n) is 4.54. The quantitative estimate of drug-likeness (QED) is 0.923. The fourth-order valence-electron chi connectivity index (χ4n) is 3.07. The van der Waals surface area contributed by atoms with E-state index in [0.29, 0.717) is 0 Å². The van der Waals surface area contributed by atoms with E-state index in [9.17, 15) is 4.79 Å². The van der Waals surface area contributed by atoms with E-state index >= 15 is 0 Å². The Labute approximate surface area is 125 Å². The molecule has 1 saturated heterocycles. The molecule has 20 heavy (non-hydrogen) atoms. The zero-order valence-corrected chi connectivity index (χ0v) is 12.6. The minimum atomic E-state index is -0.111. The van der Waals surface area contributed by atoms with Crippen molar-refractivity contribution in [2.45, 2.75) is 44.8 Å². The predicted octanol–water partition coefficient (Wildman–Crippen LogP) is 3.35. The van der Waals surface area contributed by atoms with Crippen molar-refractivity contribution in [1.82, 2.24) is 10.2 Å². The molecule has 1 aliphatic heterocycles. The summed E-state index contributed by atoms with van der Waals surface area (Å²) in [6.45, 7) is 2.78. The molecule has 1 N–H and O–H groups in total. The van der Waals surface area contributed by atoms with Gasteiger partial charge >= 0.3 is 0 Å². The minimum Gasteiger partial charge on any atom is -0.322 e. The molecule has 2 aliphatic rings. The number of benzene rings is 1. The lowest BCUT2D eigenvalue weighted by atomic mass is 9.83. The highest BCUT2D eigenvalue weighted by atomic mass is 35.5. The highest BCUT2D eigenvalue weighted by molar-refractivity contribution is 6.30. The molecule has 1 amide bonds. The molecule has 2 fully saturated rings. The van der Waals surface area contributed by atoms with Crippen molar-refractivity contribution in [3.05, 3.63) is 34.9 Å². The van der Waals surface area contributed by atoms with Gasteiger partial charge in [-0.25, -0.2) is 0 Å². The van der Waals surface area contributed by atoms with Crippen LogP contribution in [-0.4, -0.2) is 23.4 Å². The summed E-state index contributed by atoms with van der Waals surface area (Å²) in [7, 11) is 0. The van der Waals surface area contributed by atoms with E-state index in [0.717, 1.165) is 29.5 Å². The lowest BCUT2D eigenvalue weighted by molar-refractivity contribution is -0.130. The molecule has 1 aromatic carbocycles. The monoisotopic (exact) mass is 292 g/mol. The average molecular weight is 293 g/mol. The summed E-state index contributed by atoms with van der Waals surface area (Å²) in [5.74, 6) is 1.02. The maximum absolute atomic E-state index is 12.3. The highest BCUT2D eigenvalue weighted by Crippen LogP contribution is 2.32. The second kappa shape index (κ2) is 5.74. The van der Waals surface area contributed by atoms with E-state index in [2.05, 4.69) is 5.32 Å². The van der Waals surface area contributed by atoms with Crippen molar-refractivity contribution in [3.8, 4) is 0 Å². The molecule has 1 heterocycles. The smallest absolute Gasteiger partial charge is 0.241 e. The van der Waals surface area contributed by atoms with Crippen molar-refractivity contribution in [2.24, 2.45) is 5.92 Å². The van der Waals surface area contributed by atoms with Gasteiger partial charge in [0.05, 0.1) is 6.04 Å². The van der Waals surface area contributed by atoms with Crippen LogP contribution >= 0.6 is 11.6 Å². The Balaban J connectivity index is 1.74. The van der Waals surface area contributed by atoms with Crippen molar-refractivity contribution < 1.29 is 4.79 Å². The van der Waals surface area contributed by atoms with Crippen molar-refractivity contribution in [2.75, 3.05) is 6.54 Å². The Morgan fingerprint density at radius 3 is 2.85 bits per heavy atom. The molecule has 0 aromatic heterocycles. The predicted molar refractivity (Wildman–Crippen MR) is 80.5 cm³/mol. The Bertz CT molecular complexity index is 501. The van der Waals surface area contributed by atoms with Gasteiger partial charge in [-0.2, -0.15) is 0 Å². The highest BCUT2D eigenvalue weighted by Gasteiger charge is 2.37. The maximum atomic E-state index is 12.3. The first-order valence-corrected chi connectivity index (χ1v) is 7.85. The van der Waals surface area contributed by atoms with Crippen LogP contribution in [0.5, 0.6) is 0 Å². The van der Waals surface area contributed by atoms with E-state index in [1.54, 1.807) is 0 Å². The lowest BCUT2D eigenvalue weighted by Gasteiger charge is -2.30. The molecule has 2 unspecified atom stereocenters. The molecule has 1 aromatic rings. The molecule has 108 valence electrons. The number of hydrogen-bond donors (Lipinski definition) is 1. The van der Waals surface area contributed by atoms with Gasteiger partial charge in [0.2, 0.25) is 5.91 Å². The summed E-state index contributed by atoms with van der Waals surface area (Å²) in [5.41, 5.74) is 1.07. The molecule has 1 saturated carbocycles. The number of carbonyl (C=O) groups is 1. The molecule has 3 rings (SSSR count). The van der Waals surface area contributed by atoms with E-state index in [1.807, 2.05) is 36.1 Å². The van der Waals surface area contributed by atoms with Crippen LogP contribution < -0.4 is 5.32 Å². The van der Waals surface area contributed by atoms with Gasteiger partial charge < -0.3 is 4.90 Å². The van der Waals surface area contributed by atoms with Crippen molar-refractivity contribution >= 4 is 17.5 Å². The Kier molecular flexibility index (Phi) is 3.99. The molecule has 0 spiro atoms. The zero-order chi connectivity index (χ0) is 14.1. The van der Waals surface area contributed by atoms with Gasteiger partial charge in [-0.05, 0) is 37.0 Å². The summed E-state index contributed by atoms with van der Waals surface area (Å²) in [6, 6.07) is 7.67. The molecule has 3 nitrogen and oxygen atoms in total. The van der Waals surface area contributed by atoms with Crippen molar-refractivity contribution in [1.29, 1.82) is 0 Å². The van der Waals surface area contributed by atoms with Crippen LogP contribution in [0.4, 0.5) is 0 Å². The molecular formula is C16H21ClN2O. The molecule has 0 radical (unpaired) electrons. The van der Waals surface area contributed by atoms with Gasteiger partial charge in [0.25, 0.3) is 0 Å². The normalized spacial score (nSPS) is 26.9. The zero-order valence-electron chi connectivity index (χ0n) is 11.8. The summed E-state index contributed by atoms with van der Waals surface area (Å²) in [6.07, 6.45) is 5.10. The van der Waals surface area contributed by atoms with Gasteiger partial charge in [0, 0.05) is 11.6 Å². The second-order valence-electron chi connectivity index (χ2n) is 5.96. The Morgan fingerprint density at radius 1 is 1.40 bits per heavy atom. The number of nitrogens with one attached hydrogen (secondary N) is 1. The van der Waals surface area contributed by atoms with Crippen LogP contribution in [0.25, 0.3) is 0 Å². The topological polar surface area (TPSA) is 32.3 Å².